The van der Waals surface area contributed by atoms with E-state index in [0.29, 0.717) is 17.5 Å². The van der Waals surface area contributed by atoms with E-state index in [0.717, 1.165) is 44.6 Å². The fraction of sp³-hybridized carbons (Fsp3) is 0.0508. The molecule has 0 saturated heterocycles. The van der Waals surface area contributed by atoms with Crippen molar-refractivity contribution in [2.24, 2.45) is 0 Å². The summed E-state index contributed by atoms with van der Waals surface area (Å²) in [6.45, 7) is 4.17. The van der Waals surface area contributed by atoms with Crippen molar-refractivity contribution in [3.05, 3.63) is 252 Å². The maximum atomic E-state index is 5.15. The number of pyridine rings is 1. The fourth-order valence-corrected chi connectivity index (χ4v) is 9.52. The maximum absolute atomic E-state index is 5.15. The first kappa shape index (κ1) is 37.9. The second-order valence-electron chi connectivity index (χ2n) is 16.3. The van der Waals surface area contributed by atoms with Crippen LogP contribution in [0.2, 0.25) is 0 Å². The third-order valence-electron chi connectivity index (χ3n) is 12.5. The molecule has 1 aliphatic rings. The number of nitrogens with zero attached hydrogens (tertiary/aromatic N) is 4. The van der Waals surface area contributed by atoms with Crippen molar-refractivity contribution >= 4 is 0 Å². The monoisotopic (exact) mass is 806 g/mol. The van der Waals surface area contributed by atoms with Crippen LogP contribution in [-0.4, -0.2) is 19.9 Å². The molecule has 0 spiro atoms. The first-order valence-corrected chi connectivity index (χ1v) is 21.5. The van der Waals surface area contributed by atoms with Gasteiger partial charge in [0.1, 0.15) is 0 Å². The van der Waals surface area contributed by atoms with Gasteiger partial charge in [-0.15, -0.1) is 0 Å². The van der Waals surface area contributed by atoms with E-state index >= 15 is 0 Å². The van der Waals surface area contributed by atoms with E-state index in [1.807, 2.05) is 42.6 Å². The number of aromatic nitrogens is 4. The highest BCUT2D eigenvalue weighted by atomic mass is 15.0. The van der Waals surface area contributed by atoms with Crippen LogP contribution in [0.3, 0.4) is 0 Å². The van der Waals surface area contributed by atoms with Crippen molar-refractivity contribution in [2.45, 2.75) is 19.3 Å². The van der Waals surface area contributed by atoms with E-state index in [-0.39, 0.29) is 0 Å². The molecule has 0 saturated carbocycles. The number of benzene rings is 8. The summed E-state index contributed by atoms with van der Waals surface area (Å²) in [7, 11) is 0. The van der Waals surface area contributed by atoms with Gasteiger partial charge in [-0.1, -0.05) is 194 Å². The Balaban J connectivity index is 1.09. The highest BCUT2D eigenvalue weighted by Gasteiger charge is 2.46. The van der Waals surface area contributed by atoms with Gasteiger partial charge >= 0.3 is 0 Å². The Morgan fingerprint density at radius 1 is 0.317 bits per heavy atom. The lowest BCUT2D eigenvalue weighted by Crippen LogP contribution is -2.28. The Morgan fingerprint density at radius 2 is 0.730 bits per heavy atom. The molecule has 0 bridgehead atoms. The first-order chi connectivity index (χ1) is 31.0. The molecule has 0 fully saturated rings. The molecule has 0 aliphatic heterocycles. The zero-order valence-electron chi connectivity index (χ0n) is 35.1. The summed E-state index contributed by atoms with van der Waals surface area (Å²) in [5, 5.41) is 0. The predicted octanol–water partition coefficient (Wildman–Crippen LogP) is 14.2. The molecular weight excluding hydrogens is 765 g/mol. The second kappa shape index (κ2) is 15.7. The molecule has 2 aromatic heterocycles. The van der Waals surface area contributed by atoms with E-state index < -0.39 is 5.41 Å². The van der Waals surface area contributed by atoms with Gasteiger partial charge in [-0.05, 0) is 98.8 Å². The van der Waals surface area contributed by atoms with Crippen LogP contribution in [-0.2, 0) is 5.41 Å². The van der Waals surface area contributed by atoms with Crippen molar-refractivity contribution in [2.75, 3.05) is 0 Å². The Morgan fingerprint density at radius 3 is 1.29 bits per heavy atom. The molecule has 0 radical (unpaired) electrons. The van der Waals surface area contributed by atoms with Crippen molar-refractivity contribution in [3.63, 3.8) is 0 Å². The van der Waals surface area contributed by atoms with Crippen LogP contribution >= 0.6 is 0 Å². The average Bonchev–Trinajstić information content (AvgIpc) is 3.66. The molecule has 1 aliphatic carbocycles. The van der Waals surface area contributed by atoms with Crippen molar-refractivity contribution in [1.82, 2.24) is 19.9 Å². The molecule has 11 rings (SSSR count). The smallest absolute Gasteiger partial charge is 0.164 e. The molecule has 63 heavy (non-hydrogen) atoms. The van der Waals surface area contributed by atoms with Gasteiger partial charge in [0.2, 0.25) is 0 Å². The Bertz CT molecular complexity index is 3200. The van der Waals surface area contributed by atoms with Gasteiger partial charge in [-0.2, -0.15) is 0 Å². The normalized spacial score (nSPS) is 12.4. The molecule has 0 N–H and O–H groups in total. The van der Waals surface area contributed by atoms with E-state index in [4.69, 9.17) is 15.0 Å². The lowest BCUT2D eigenvalue weighted by molar-refractivity contribution is 0.769. The van der Waals surface area contributed by atoms with Crippen LogP contribution in [0.15, 0.2) is 219 Å². The zero-order valence-corrected chi connectivity index (χ0v) is 35.1. The van der Waals surface area contributed by atoms with Crippen molar-refractivity contribution in [3.8, 4) is 78.7 Å². The number of hydrogen-bond donors (Lipinski definition) is 0. The first-order valence-electron chi connectivity index (χ1n) is 21.5. The van der Waals surface area contributed by atoms with Crippen LogP contribution < -0.4 is 0 Å². The fourth-order valence-electron chi connectivity index (χ4n) is 9.52. The lowest BCUT2D eigenvalue weighted by atomic mass is 9.67. The number of hydrogen-bond acceptors (Lipinski definition) is 4. The van der Waals surface area contributed by atoms with Crippen LogP contribution in [0, 0.1) is 13.8 Å². The number of rotatable bonds is 8. The largest absolute Gasteiger partial charge is 0.261 e. The molecule has 4 nitrogen and oxygen atoms in total. The lowest BCUT2D eigenvalue weighted by Gasteiger charge is -2.34. The summed E-state index contributed by atoms with van der Waals surface area (Å²) in [6, 6.07) is 76.0. The minimum absolute atomic E-state index is 0.627. The summed E-state index contributed by atoms with van der Waals surface area (Å²) in [4.78, 5) is 19.9. The molecular formula is C59H42N4. The Kier molecular flexibility index (Phi) is 9.47. The zero-order chi connectivity index (χ0) is 42.3. The highest BCUT2D eigenvalue weighted by Crippen LogP contribution is 2.56. The van der Waals surface area contributed by atoms with Gasteiger partial charge < -0.3 is 0 Å². The van der Waals surface area contributed by atoms with Gasteiger partial charge in [0.25, 0.3) is 0 Å². The topological polar surface area (TPSA) is 51.6 Å². The number of aryl methyl sites for hydroxylation is 2. The van der Waals surface area contributed by atoms with Crippen LogP contribution in [0.4, 0.5) is 0 Å². The summed E-state index contributed by atoms with van der Waals surface area (Å²) < 4.78 is 0. The minimum atomic E-state index is -0.646. The standard InChI is InChI=1S/C59H42N4/c1-39-35-53(40(2)60-38-39)42-33-31-41(32-34-42)49-25-9-10-26-50(49)45-21-15-23-47(36-45)59(54-29-13-11-27-51(54)52-28-12-14-30-55(52)59)48-24-16-22-46(37-48)58-62-56(43-17-5-3-6-18-43)61-57(63-58)44-19-7-4-8-20-44/h3-38H,1-2H3. The van der Waals surface area contributed by atoms with E-state index in [9.17, 15) is 0 Å². The SMILES string of the molecule is Cc1cnc(C)c(-c2ccc(-c3ccccc3-c3cccc(C4(c5cccc(-c6nc(-c7ccccc7)nc(-c7ccccc7)n6)c5)c5ccccc5-c5ccccc54)c3)cc2)c1. The molecule has 0 unspecified atom stereocenters. The van der Waals surface area contributed by atoms with E-state index in [2.05, 4.69) is 195 Å². The maximum Gasteiger partial charge on any atom is 0.164 e. The molecule has 10 aromatic rings. The predicted molar refractivity (Wildman–Crippen MR) is 257 cm³/mol. The van der Waals surface area contributed by atoms with Gasteiger partial charge in [0, 0.05) is 34.1 Å². The van der Waals surface area contributed by atoms with Crippen LogP contribution in [0.5, 0.6) is 0 Å². The van der Waals surface area contributed by atoms with Gasteiger partial charge in [0.15, 0.2) is 17.5 Å². The van der Waals surface area contributed by atoms with Gasteiger partial charge in [0.05, 0.1) is 5.41 Å². The highest BCUT2D eigenvalue weighted by molar-refractivity contribution is 5.89. The minimum Gasteiger partial charge on any atom is -0.261 e. The van der Waals surface area contributed by atoms with E-state index in [1.54, 1.807) is 0 Å². The molecule has 8 aromatic carbocycles. The van der Waals surface area contributed by atoms with Crippen molar-refractivity contribution < 1.29 is 0 Å². The van der Waals surface area contributed by atoms with Gasteiger partial charge in [-0.3, -0.25) is 4.98 Å². The average molecular weight is 807 g/mol. The second-order valence-corrected chi connectivity index (χ2v) is 16.3. The third-order valence-corrected chi connectivity index (χ3v) is 12.5. The summed E-state index contributed by atoms with van der Waals surface area (Å²) in [5.41, 5.74) is 18.6. The van der Waals surface area contributed by atoms with E-state index in [1.165, 1.54) is 50.1 Å². The van der Waals surface area contributed by atoms with Crippen LogP contribution in [0.1, 0.15) is 33.5 Å². The molecule has 0 atom stereocenters. The quantitative estimate of drug-likeness (QED) is 0.153. The summed E-state index contributed by atoms with van der Waals surface area (Å²) >= 11 is 0. The van der Waals surface area contributed by atoms with Gasteiger partial charge in [-0.25, -0.2) is 15.0 Å². The van der Waals surface area contributed by atoms with Crippen molar-refractivity contribution in [1.29, 1.82) is 0 Å². The Labute approximate surface area is 368 Å². The number of fused-ring (bicyclic) bond motifs is 3. The molecule has 0 amide bonds. The summed E-state index contributed by atoms with van der Waals surface area (Å²) in [6.07, 6.45) is 1.93. The molecule has 2 heterocycles. The van der Waals surface area contributed by atoms with Crippen LogP contribution in [0.25, 0.3) is 78.7 Å². The third kappa shape index (κ3) is 6.64. The Hall–Kier alpha value is -8.08. The summed E-state index contributed by atoms with van der Waals surface area (Å²) in [5.74, 6) is 1.90. The molecule has 298 valence electrons. The molecule has 4 heteroatoms.